The Balaban J connectivity index is 1.74. The molecule has 0 spiro atoms. The summed E-state index contributed by atoms with van der Waals surface area (Å²) >= 11 is 0. The Bertz CT molecular complexity index is 1290. The van der Waals surface area contributed by atoms with Gasteiger partial charge in [0.25, 0.3) is 0 Å². The minimum atomic E-state index is -4.84. The van der Waals surface area contributed by atoms with E-state index in [0.717, 1.165) is 12.3 Å². The minimum Gasteiger partial charge on any atom is -0.494 e. The van der Waals surface area contributed by atoms with Crippen LogP contribution in [-0.4, -0.2) is 37.0 Å². The summed E-state index contributed by atoms with van der Waals surface area (Å²) in [6, 6.07) is 8.29. The molecule has 0 atom stereocenters. The molecule has 1 N–H and O–H groups in total. The van der Waals surface area contributed by atoms with E-state index in [1.165, 1.54) is 35.0 Å². The van der Waals surface area contributed by atoms with E-state index in [1.54, 1.807) is 13.0 Å². The van der Waals surface area contributed by atoms with Crippen molar-refractivity contribution < 1.29 is 36.2 Å². The summed E-state index contributed by atoms with van der Waals surface area (Å²) in [7, 11) is 0. The Morgan fingerprint density at radius 2 is 1.81 bits per heavy atom. The SMILES string of the molecule is Cc1c2nc(-c3cccc(OC(F)(F)F)c3)ccc2c(O)n1-c1cnn(CC(F)(F)F)c1. The Morgan fingerprint density at radius 3 is 2.50 bits per heavy atom. The highest BCUT2D eigenvalue weighted by Gasteiger charge is 2.31. The molecule has 0 aliphatic carbocycles. The first kappa shape index (κ1) is 21.5. The molecule has 3 aromatic heterocycles. The lowest BCUT2D eigenvalue weighted by atomic mass is 10.1. The number of halogens is 6. The van der Waals surface area contributed by atoms with E-state index in [1.807, 2.05) is 0 Å². The molecule has 0 bridgehead atoms. The van der Waals surface area contributed by atoms with E-state index in [2.05, 4.69) is 14.8 Å². The largest absolute Gasteiger partial charge is 0.573 e. The number of alkyl halides is 6. The molecule has 6 nitrogen and oxygen atoms in total. The lowest BCUT2D eigenvalue weighted by Gasteiger charge is -2.10. The number of aromatic nitrogens is 4. The van der Waals surface area contributed by atoms with Gasteiger partial charge in [-0.3, -0.25) is 9.25 Å². The molecule has 0 amide bonds. The van der Waals surface area contributed by atoms with Crippen LogP contribution in [0.1, 0.15) is 5.69 Å². The van der Waals surface area contributed by atoms with Crippen LogP contribution in [0.3, 0.4) is 0 Å². The Hall–Kier alpha value is -3.70. The fourth-order valence-corrected chi connectivity index (χ4v) is 3.37. The normalized spacial score (nSPS) is 12.5. The Morgan fingerprint density at radius 1 is 1.06 bits per heavy atom. The first-order valence-electron chi connectivity index (χ1n) is 9.08. The van der Waals surface area contributed by atoms with E-state index in [0.29, 0.717) is 32.5 Å². The zero-order valence-electron chi connectivity index (χ0n) is 16.2. The van der Waals surface area contributed by atoms with Gasteiger partial charge in [0.15, 0.2) is 0 Å². The third-order valence-corrected chi connectivity index (χ3v) is 4.61. The third-order valence-electron chi connectivity index (χ3n) is 4.61. The highest BCUT2D eigenvalue weighted by Crippen LogP contribution is 2.35. The first-order chi connectivity index (χ1) is 14.9. The van der Waals surface area contributed by atoms with Gasteiger partial charge in [0, 0.05) is 17.5 Å². The molecule has 168 valence electrons. The van der Waals surface area contributed by atoms with Crippen molar-refractivity contribution in [2.75, 3.05) is 0 Å². The number of rotatable bonds is 4. The van der Waals surface area contributed by atoms with E-state index in [9.17, 15) is 31.4 Å². The fraction of sp³-hybridized carbons (Fsp3) is 0.200. The average Bonchev–Trinajstić information content (AvgIpc) is 3.21. The summed E-state index contributed by atoms with van der Waals surface area (Å²) in [6.07, 6.45) is -6.98. The number of hydrogen-bond donors (Lipinski definition) is 1. The van der Waals surface area contributed by atoms with Crippen LogP contribution in [0.4, 0.5) is 26.3 Å². The summed E-state index contributed by atoms with van der Waals surface area (Å²) in [5.74, 6) is -0.664. The highest BCUT2D eigenvalue weighted by molar-refractivity contribution is 5.90. The highest BCUT2D eigenvalue weighted by atomic mass is 19.4. The molecule has 0 unspecified atom stereocenters. The number of nitrogens with zero attached hydrogens (tertiary/aromatic N) is 4. The van der Waals surface area contributed by atoms with E-state index < -0.39 is 24.8 Å². The van der Waals surface area contributed by atoms with Gasteiger partial charge in [0.1, 0.15) is 12.3 Å². The molecule has 0 saturated heterocycles. The molecule has 4 rings (SSSR count). The van der Waals surface area contributed by atoms with Gasteiger partial charge in [-0.1, -0.05) is 12.1 Å². The number of fused-ring (bicyclic) bond motifs is 1. The quantitative estimate of drug-likeness (QED) is 0.420. The summed E-state index contributed by atoms with van der Waals surface area (Å²) in [4.78, 5) is 4.43. The zero-order valence-corrected chi connectivity index (χ0v) is 16.2. The second kappa shape index (κ2) is 7.46. The van der Waals surface area contributed by atoms with Gasteiger partial charge < -0.3 is 9.84 Å². The molecule has 0 fully saturated rings. The summed E-state index contributed by atoms with van der Waals surface area (Å²) < 4.78 is 81.2. The van der Waals surface area contributed by atoms with Crippen molar-refractivity contribution in [3.8, 4) is 28.6 Å². The molecule has 12 heteroatoms. The van der Waals surface area contributed by atoms with Crippen molar-refractivity contribution >= 4 is 10.9 Å². The number of pyridine rings is 1. The molecular formula is C20H14F6N4O2. The topological polar surface area (TPSA) is 65.1 Å². The van der Waals surface area contributed by atoms with Gasteiger partial charge in [-0.05, 0) is 31.2 Å². The van der Waals surface area contributed by atoms with Crippen LogP contribution in [0.25, 0.3) is 27.8 Å². The molecule has 32 heavy (non-hydrogen) atoms. The molecule has 0 aliphatic rings. The summed E-state index contributed by atoms with van der Waals surface area (Å²) in [5.41, 5.74) is 1.60. The predicted octanol–water partition coefficient (Wildman–Crippen LogP) is 5.36. The minimum absolute atomic E-state index is 0.198. The van der Waals surface area contributed by atoms with Crippen LogP contribution in [0, 0.1) is 6.92 Å². The van der Waals surface area contributed by atoms with Crippen molar-refractivity contribution in [2.45, 2.75) is 26.0 Å². The van der Waals surface area contributed by atoms with Crippen molar-refractivity contribution in [3.63, 3.8) is 0 Å². The van der Waals surface area contributed by atoms with Gasteiger partial charge in [-0.2, -0.15) is 18.3 Å². The van der Waals surface area contributed by atoms with E-state index >= 15 is 0 Å². The van der Waals surface area contributed by atoms with Crippen LogP contribution in [-0.2, 0) is 6.54 Å². The van der Waals surface area contributed by atoms with E-state index in [4.69, 9.17) is 0 Å². The standard InChI is InChI=1S/C20H14F6N4O2/c1-11-17-15(18(31)30(11)13-8-27-29(9-13)10-19(21,22)23)5-6-16(28-17)12-3-2-4-14(7-12)32-20(24,25)26/h2-9,31H,10H2,1H3. The van der Waals surface area contributed by atoms with Crippen molar-refractivity contribution in [1.82, 2.24) is 19.3 Å². The maximum Gasteiger partial charge on any atom is 0.573 e. The molecule has 0 radical (unpaired) electrons. The molecule has 0 saturated carbocycles. The van der Waals surface area contributed by atoms with E-state index in [-0.39, 0.29) is 11.6 Å². The monoisotopic (exact) mass is 456 g/mol. The predicted molar refractivity (Wildman–Crippen MR) is 101 cm³/mol. The summed E-state index contributed by atoms with van der Waals surface area (Å²) in [6.45, 7) is 0.315. The summed E-state index contributed by atoms with van der Waals surface area (Å²) in [5, 5.41) is 14.6. The Kier molecular flexibility index (Phi) is 5.02. The second-order valence-corrected chi connectivity index (χ2v) is 6.92. The number of benzene rings is 1. The fourth-order valence-electron chi connectivity index (χ4n) is 3.37. The van der Waals surface area contributed by atoms with Crippen LogP contribution < -0.4 is 4.74 Å². The first-order valence-corrected chi connectivity index (χ1v) is 9.08. The maximum atomic E-state index is 12.6. The van der Waals surface area contributed by atoms with Gasteiger partial charge in [0.05, 0.1) is 28.5 Å². The molecule has 3 heterocycles. The van der Waals surface area contributed by atoms with Gasteiger partial charge in [-0.15, -0.1) is 13.2 Å². The second-order valence-electron chi connectivity index (χ2n) is 6.92. The smallest absolute Gasteiger partial charge is 0.494 e. The number of aromatic hydroxyl groups is 1. The lowest BCUT2D eigenvalue weighted by molar-refractivity contribution is -0.274. The van der Waals surface area contributed by atoms with Gasteiger partial charge in [0.2, 0.25) is 5.88 Å². The van der Waals surface area contributed by atoms with Crippen molar-refractivity contribution in [2.24, 2.45) is 0 Å². The lowest BCUT2D eigenvalue weighted by Crippen LogP contribution is -2.17. The molecule has 1 aromatic carbocycles. The molecule has 0 aliphatic heterocycles. The van der Waals surface area contributed by atoms with Crippen LogP contribution >= 0.6 is 0 Å². The Labute approximate surface area is 176 Å². The van der Waals surface area contributed by atoms with Crippen LogP contribution in [0.15, 0.2) is 48.8 Å². The van der Waals surface area contributed by atoms with Crippen molar-refractivity contribution in [3.05, 3.63) is 54.5 Å². The molecule has 4 aromatic rings. The average molecular weight is 456 g/mol. The maximum absolute atomic E-state index is 12.6. The van der Waals surface area contributed by atoms with Crippen molar-refractivity contribution in [1.29, 1.82) is 0 Å². The third kappa shape index (κ3) is 4.34. The molecular weight excluding hydrogens is 442 g/mol. The van der Waals surface area contributed by atoms with Crippen LogP contribution in [0.2, 0.25) is 0 Å². The number of ether oxygens (including phenoxy) is 1. The van der Waals surface area contributed by atoms with Crippen LogP contribution in [0.5, 0.6) is 11.6 Å². The number of hydrogen-bond acceptors (Lipinski definition) is 4. The van der Waals surface area contributed by atoms with Gasteiger partial charge >= 0.3 is 12.5 Å². The zero-order chi connectivity index (χ0) is 23.3. The number of aryl methyl sites for hydroxylation is 1. The van der Waals surface area contributed by atoms with Gasteiger partial charge in [-0.25, -0.2) is 4.98 Å².